The quantitative estimate of drug-likeness (QED) is 0.679. The third kappa shape index (κ3) is 3.64. The largest absolute Gasteiger partial charge is 0.497 e. The summed E-state index contributed by atoms with van der Waals surface area (Å²) in [5.74, 6) is 1.04. The van der Waals surface area contributed by atoms with E-state index in [0.29, 0.717) is 22.6 Å². The second kappa shape index (κ2) is 7.64. The normalized spacial score (nSPS) is 10.6. The maximum Gasteiger partial charge on any atom is 0.273 e. The summed E-state index contributed by atoms with van der Waals surface area (Å²) < 4.78 is 12.6. The molecule has 0 aliphatic carbocycles. The molecule has 3 aromatic rings. The van der Waals surface area contributed by atoms with E-state index in [-0.39, 0.29) is 0 Å². The van der Waals surface area contributed by atoms with Crippen LogP contribution in [0.25, 0.3) is 5.69 Å². The number of carbonyl (C=O) groups excluding carboxylic acids is 2. The third-order valence-electron chi connectivity index (χ3n) is 4.56. The number of aromatic nitrogens is 1. The fourth-order valence-corrected chi connectivity index (χ4v) is 3.24. The van der Waals surface area contributed by atoms with E-state index in [1.807, 2.05) is 42.7 Å². The maximum absolute atomic E-state index is 12.6. The van der Waals surface area contributed by atoms with Crippen LogP contribution in [0.15, 0.2) is 40.8 Å². The zero-order valence-corrected chi connectivity index (χ0v) is 16.5. The zero-order valence-electron chi connectivity index (χ0n) is 16.5. The van der Waals surface area contributed by atoms with E-state index in [1.54, 1.807) is 33.1 Å². The summed E-state index contributed by atoms with van der Waals surface area (Å²) >= 11 is 0. The summed E-state index contributed by atoms with van der Waals surface area (Å²) in [5, 5.41) is 0. The number of hydrazine groups is 1. The minimum atomic E-state index is -0.427. The molecule has 0 fully saturated rings. The molecule has 0 bridgehead atoms. The van der Waals surface area contributed by atoms with Crippen LogP contribution in [0.1, 0.15) is 43.6 Å². The molecule has 0 atom stereocenters. The summed E-state index contributed by atoms with van der Waals surface area (Å²) in [6, 6.07) is 11.0. The molecule has 0 radical (unpaired) electrons. The number of nitrogens with one attached hydrogen (secondary N) is 2. The van der Waals surface area contributed by atoms with Crippen LogP contribution in [-0.2, 0) is 0 Å². The Kier molecular flexibility index (Phi) is 5.26. The SMILES string of the molecule is COc1cccc(-n2c(C)cc(C(=O)NNC(=O)c3cc(C)oc3C)c2C)c1. The van der Waals surface area contributed by atoms with Crippen molar-refractivity contribution in [3.63, 3.8) is 0 Å². The predicted octanol–water partition coefficient (Wildman–Crippen LogP) is 3.39. The Labute approximate surface area is 163 Å². The highest BCUT2D eigenvalue weighted by atomic mass is 16.5. The van der Waals surface area contributed by atoms with Gasteiger partial charge in [-0.25, -0.2) is 0 Å². The predicted molar refractivity (Wildman–Crippen MR) is 105 cm³/mol. The zero-order chi connectivity index (χ0) is 20.4. The van der Waals surface area contributed by atoms with Crippen LogP contribution in [0.5, 0.6) is 5.75 Å². The summed E-state index contributed by atoms with van der Waals surface area (Å²) in [4.78, 5) is 24.9. The average molecular weight is 381 g/mol. The highest BCUT2D eigenvalue weighted by Crippen LogP contribution is 2.23. The lowest BCUT2D eigenvalue weighted by molar-refractivity contribution is 0.0845. The molecule has 7 heteroatoms. The number of carbonyl (C=O) groups is 2. The molecule has 2 N–H and O–H groups in total. The van der Waals surface area contributed by atoms with Crippen molar-refractivity contribution in [2.45, 2.75) is 27.7 Å². The number of methoxy groups -OCH3 is 1. The Morgan fingerprint density at radius 3 is 2.25 bits per heavy atom. The number of ether oxygens (including phenoxy) is 1. The third-order valence-corrected chi connectivity index (χ3v) is 4.56. The van der Waals surface area contributed by atoms with Crippen molar-refractivity contribution in [1.29, 1.82) is 0 Å². The molecule has 0 aliphatic rings. The molecule has 3 rings (SSSR count). The van der Waals surface area contributed by atoms with E-state index in [1.165, 1.54) is 0 Å². The number of aryl methyl sites for hydroxylation is 3. The molecular formula is C21H23N3O4. The minimum absolute atomic E-state index is 0.389. The van der Waals surface area contributed by atoms with E-state index in [9.17, 15) is 9.59 Å². The van der Waals surface area contributed by atoms with Crippen LogP contribution in [0.3, 0.4) is 0 Å². The fourth-order valence-electron chi connectivity index (χ4n) is 3.24. The number of furan rings is 1. The number of hydrogen-bond donors (Lipinski definition) is 2. The van der Waals surface area contributed by atoms with Crippen molar-refractivity contribution in [2.24, 2.45) is 0 Å². The molecule has 0 spiro atoms. The lowest BCUT2D eigenvalue weighted by atomic mass is 10.2. The first-order valence-corrected chi connectivity index (χ1v) is 8.83. The van der Waals surface area contributed by atoms with Gasteiger partial charge in [0.1, 0.15) is 17.3 Å². The Balaban J connectivity index is 1.79. The van der Waals surface area contributed by atoms with Crippen LogP contribution in [-0.4, -0.2) is 23.5 Å². The standard InChI is InChI=1S/C21H23N3O4/c1-12-9-18(14(3)24(12)16-7-6-8-17(11-16)27-5)20(25)22-23-21(26)19-10-13(2)28-15(19)4/h6-11H,1-5H3,(H,22,25)(H,23,26). The van der Waals surface area contributed by atoms with Crippen LogP contribution < -0.4 is 15.6 Å². The highest BCUT2D eigenvalue weighted by molar-refractivity contribution is 6.00. The topological polar surface area (TPSA) is 85.5 Å². The molecule has 28 heavy (non-hydrogen) atoms. The van der Waals surface area contributed by atoms with Crippen molar-refractivity contribution >= 4 is 11.8 Å². The second-order valence-electron chi connectivity index (χ2n) is 6.56. The van der Waals surface area contributed by atoms with E-state index < -0.39 is 11.8 Å². The van der Waals surface area contributed by atoms with Crippen molar-refractivity contribution in [2.75, 3.05) is 7.11 Å². The highest BCUT2D eigenvalue weighted by Gasteiger charge is 2.19. The van der Waals surface area contributed by atoms with Gasteiger partial charge in [0, 0.05) is 23.1 Å². The Bertz CT molecular complexity index is 1050. The van der Waals surface area contributed by atoms with Gasteiger partial charge < -0.3 is 13.7 Å². The fraction of sp³-hybridized carbons (Fsp3) is 0.238. The summed E-state index contributed by atoms with van der Waals surface area (Å²) in [7, 11) is 1.61. The van der Waals surface area contributed by atoms with Crippen LogP contribution >= 0.6 is 0 Å². The van der Waals surface area contributed by atoms with Crippen molar-refractivity contribution < 1.29 is 18.7 Å². The summed E-state index contributed by atoms with van der Waals surface area (Å²) in [6.07, 6.45) is 0. The van der Waals surface area contributed by atoms with Crippen LogP contribution in [0, 0.1) is 27.7 Å². The number of nitrogens with zero attached hydrogens (tertiary/aromatic N) is 1. The van der Waals surface area contributed by atoms with E-state index >= 15 is 0 Å². The summed E-state index contributed by atoms with van der Waals surface area (Å²) in [5.41, 5.74) is 8.31. The lowest BCUT2D eigenvalue weighted by Gasteiger charge is -2.11. The van der Waals surface area contributed by atoms with E-state index in [4.69, 9.17) is 9.15 Å². The number of rotatable bonds is 4. The summed E-state index contributed by atoms with van der Waals surface area (Å²) in [6.45, 7) is 7.23. The number of hydrogen-bond acceptors (Lipinski definition) is 4. The van der Waals surface area contributed by atoms with Gasteiger partial charge in [0.05, 0.1) is 18.2 Å². The molecule has 2 aromatic heterocycles. The number of amides is 2. The van der Waals surface area contributed by atoms with Gasteiger partial charge in [-0.15, -0.1) is 0 Å². The van der Waals surface area contributed by atoms with Gasteiger partial charge in [0.15, 0.2) is 0 Å². The maximum atomic E-state index is 12.6. The first-order chi connectivity index (χ1) is 13.3. The Morgan fingerprint density at radius 2 is 1.64 bits per heavy atom. The van der Waals surface area contributed by atoms with Gasteiger partial charge in [-0.05, 0) is 52.0 Å². The first kappa shape index (κ1) is 19.3. The van der Waals surface area contributed by atoms with Gasteiger partial charge >= 0.3 is 0 Å². The molecule has 0 aliphatic heterocycles. The molecule has 0 saturated heterocycles. The van der Waals surface area contributed by atoms with Crippen molar-refractivity contribution in [1.82, 2.24) is 15.4 Å². The Hall–Kier alpha value is -3.48. The lowest BCUT2D eigenvalue weighted by Crippen LogP contribution is -2.41. The van der Waals surface area contributed by atoms with Crippen LogP contribution in [0.2, 0.25) is 0 Å². The van der Waals surface area contributed by atoms with E-state index in [2.05, 4.69) is 10.9 Å². The first-order valence-electron chi connectivity index (χ1n) is 8.83. The molecule has 0 saturated carbocycles. The van der Waals surface area contributed by atoms with Crippen molar-refractivity contribution in [3.8, 4) is 11.4 Å². The van der Waals surface area contributed by atoms with Gasteiger partial charge in [0.2, 0.25) is 0 Å². The molecule has 0 unspecified atom stereocenters. The van der Waals surface area contributed by atoms with Crippen LogP contribution in [0.4, 0.5) is 0 Å². The molecule has 2 amide bonds. The molecule has 1 aromatic carbocycles. The second-order valence-corrected chi connectivity index (χ2v) is 6.56. The smallest absolute Gasteiger partial charge is 0.273 e. The molecular weight excluding hydrogens is 358 g/mol. The average Bonchev–Trinajstić information content (AvgIpc) is 3.17. The number of benzene rings is 1. The molecule has 7 nitrogen and oxygen atoms in total. The van der Waals surface area contributed by atoms with Crippen molar-refractivity contribution in [3.05, 3.63) is 70.4 Å². The van der Waals surface area contributed by atoms with Gasteiger partial charge in [-0.2, -0.15) is 0 Å². The molecule has 146 valence electrons. The van der Waals surface area contributed by atoms with Gasteiger partial charge in [0.25, 0.3) is 11.8 Å². The van der Waals surface area contributed by atoms with E-state index in [0.717, 1.165) is 22.8 Å². The van der Waals surface area contributed by atoms with Gasteiger partial charge in [-0.1, -0.05) is 6.07 Å². The minimum Gasteiger partial charge on any atom is -0.497 e. The van der Waals surface area contributed by atoms with Gasteiger partial charge in [-0.3, -0.25) is 20.4 Å². The molecule has 2 heterocycles. The monoisotopic (exact) mass is 381 g/mol. The Morgan fingerprint density at radius 1 is 0.964 bits per heavy atom.